The standard InChI is InChI=1S/C10H22N2OS/c1-9(2)12-4-5-13-10(7-12)8-14-6-3-11/h9-10H,3-8,11H2,1-2H3. The van der Waals surface area contributed by atoms with Gasteiger partial charge in [0.05, 0.1) is 12.7 Å². The summed E-state index contributed by atoms with van der Waals surface area (Å²) >= 11 is 1.90. The third kappa shape index (κ3) is 4.17. The molecule has 1 rings (SSSR count). The van der Waals surface area contributed by atoms with Crippen molar-refractivity contribution in [1.29, 1.82) is 0 Å². The first kappa shape index (κ1) is 12.3. The van der Waals surface area contributed by atoms with Crippen molar-refractivity contribution in [3.63, 3.8) is 0 Å². The van der Waals surface area contributed by atoms with Gasteiger partial charge in [-0.3, -0.25) is 4.90 Å². The van der Waals surface area contributed by atoms with Crippen LogP contribution in [0, 0.1) is 0 Å². The molecule has 0 amide bonds. The van der Waals surface area contributed by atoms with Crippen molar-refractivity contribution in [2.45, 2.75) is 26.0 Å². The number of hydrogen-bond acceptors (Lipinski definition) is 4. The van der Waals surface area contributed by atoms with Gasteiger partial charge in [-0.15, -0.1) is 0 Å². The highest BCUT2D eigenvalue weighted by atomic mass is 32.2. The summed E-state index contributed by atoms with van der Waals surface area (Å²) in [6, 6.07) is 0.640. The van der Waals surface area contributed by atoms with E-state index in [1.165, 1.54) is 0 Å². The lowest BCUT2D eigenvalue weighted by Gasteiger charge is -2.35. The summed E-state index contributed by atoms with van der Waals surface area (Å²) in [7, 11) is 0. The molecule has 1 heterocycles. The van der Waals surface area contributed by atoms with E-state index in [0.29, 0.717) is 12.1 Å². The van der Waals surface area contributed by atoms with Crippen molar-refractivity contribution in [3.05, 3.63) is 0 Å². The van der Waals surface area contributed by atoms with E-state index in [9.17, 15) is 0 Å². The third-order valence-corrected chi connectivity index (χ3v) is 3.60. The Hall–Kier alpha value is 0.230. The first-order valence-corrected chi connectivity index (χ1v) is 6.53. The average molecular weight is 218 g/mol. The smallest absolute Gasteiger partial charge is 0.0792 e. The molecule has 0 aromatic rings. The van der Waals surface area contributed by atoms with Gasteiger partial charge < -0.3 is 10.5 Å². The summed E-state index contributed by atoms with van der Waals surface area (Å²) in [5.74, 6) is 2.13. The number of nitrogens with two attached hydrogens (primary N) is 1. The summed E-state index contributed by atoms with van der Waals surface area (Å²) in [5, 5.41) is 0. The Morgan fingerprint density at radius 3 is 3.00 bits per heavy atom. The molecule has 1 saturated heterocycles. The zero-order valence-electron chi connectivity index (χ0n) is 9.24. The molecule has 1 aliphatic heterocycles. The molecule has 0 saturated carbocycles. The molecule has 3 nitrogen and oxygen atoms in total. The predicted molar refractivity (Wildman–Crippen MR) is 62.8 cm³/mol. The van der Waals surface area contributed by atoms with E-state index < -0.39 is 0 Å². The van der Waals surface area contributed by atoms with E-state index in [1.807, 2.05) is 11.8 Å². The zero-order valence-corrected chi connectivity index (χ0v) is 10.1. The number of morpholine rings is 1. The quantitative estimate of drug-likeness (QED) is 0.692. The van der Waals surface area contributed by atoms with Crippen LogP contribution in [0.4, 0.5) is 0 Å². The largest absolute Gasteiger partial charge is 0.375 e. The van der Waals surface area contributed by atoms with E-state index in [0.717, 1.165) is 37.7 Å². The highest BCUT2D eigenvalue weighted by Crippen LogP contribution is 2.13. The lowest BCUT2D eigenvalue weighted by molar-refractivity contribution is -0.0265. The minimum atomic E-state index is 0.405. The summed E-state index contributed by atoms with van der Waals surface area (Å²) in [5.41, 5.74) is 5.45. The van der Waals surface area contributed by atoms with Crippen LogP contribution >= 0.6 is 11.8 Å². The van der Waals surface area contributed by atoms with E-state index in [1.54, 1.807) is 0 Å². The molecule has 0 radical (unpaired) electrons. The summed E-state index contributed by atoms with van der Waals surface area (Å²) in [6.07, 6.45) is 0.405. The van der Waals surface area contributed by atoms with Gasteiger partial charge in [0.2, 0.25) is 0 Å². The molecule has 0 bridgehead atoms. The second-order valence-electron chi connectivity index (χ2n) is 3.95. The van der Waals surface area contributed by atoms with E-state index in [-0.39, 0.29) is 0 Å². The minimum absolute atomic E-state index is 0.405. The fraction of sp³-hybridized carbons (Fsp3) is 1.00. The normalized spacial score (nSPS) is 24.4. The molecule has 1 fully saturated rings. The summed E-state index contributed by atoms with van der Waals surface area (Å²) in [4.78, 5) is 2.48. The van der Waals surface area contributed by atoms with Gasteiger partial charge >= 0.3 is 0 Å². The highest BCUT2D eigenvalue weighted by molar-refractivity contribution is 7.99. The first-order valence-electron chi connectivity index (χ1n) is 5.37. The zero-order chi connectivity index (χ0) is 10.4. The molecule has 0 aliphatic carbocycles. The fourth-order valence-electron chi connectivity index (χ4n) is 1.61. The van der Waals surface area contributed by atoms with Crippen LogP contribution in [0.3, 0.4) is 0 Å². The van der Waals surface area contributed by atoms with Crippen LogP contribution in [-0.4, -0.2) is 54.8 Å². The van der Waals surface area contributed by atoms with Gasteiger partial charge in [-0.2, -0.15) is 11.8 Å². The maximum Gasteiger partial charge on any atom is 0.0792 e. The van der Waals surface area contributed by atoms with Crippen LogP contribution in [0.25, 0.3) is 0 Å². The molecule has 1 aliphatic rings. The Morgan fingerprint density at radius 2 is 2.36 bits per heavy atom. The van der Waals surface area contributed by atoms with Gasteiger partial charge in [0, 0.05) is 37.2 Å². The van der Waals surface area contributed by atoms with Crippen molar-refractivity contribution in [2.24, 2.45) is 5.73 Å². The molecule has 4 heteroatoms. The number of ether oxygens (including phenoxy) is 1. The van der Waals surface area contributed by atoms with Crippen LogP contribution in [0.5, 0.6) is 0 Å². The van der Waals surface area contributed by atoms with Crippen molar-refractivity contribution >= 4 is 11.8 Å². The van der Waals surface area contributed by atoms with Gasteiger partial charge in [0.1, 0.15) is 0 Å². The van der Waals surface area contributed by atoms with Crippen LogP contribution in [0.2, 0.25) is 0 Å². The van der Waals surface area contributed by atoms with E-state index >= 15 is 0 Å². The third-order valence-electron chi connectivity index (χ3n) is 2.47. The van der Waals surface area contributed by atoms with Crippen molar-refractivity contribution in [1.82, 2.24) is 4.90 Å². The van der Waals surface area contributed by atoms with Gasteiger partial charge in [-0.1, -0.05) is 0 Å². The van der Waals surface area contributed by atoms with Crippen LogP contribution < -0.4 is 5.73 Å². The lowest BCUT2D eigenvalue weighted by atomic mass is 10.2. The lowest BCUT2D eigenvalue weighted by Crippen LogP contribution is -2.46. The number of thioether (sulfide) groups is 1. The molecule has 84 valence electrons. The SMILES string of the molecule is CC(C)N1CCOC(CSCCN)C1. The van der Waals surface area contributed by atoms with Crippen LogP contribution in [-0.2, 0) is 4.74 Å². The maximum absolute atomic E-state index is 5.70. The Morgan fingerprint density at radius 1 is 1.57 bits per heavy atom. The topological polar surface area (TPSA) is 38.5 Å². The van der Waals surface area contributed by atoms with Gasteiger partial charge in [-0.05, 0) is 13.8 Å². The van der Waals surface area contributed by atoms with Crippen LogP contribution in [0.15, 0.2) is 0 Å². The number of hydrogen-bond donors (Lipinski definition) is 1. The van der Waals surface area contributed by atoms with Crippen molar-refractivity contribution in [2.75, 3.05) is 37.7 Å². The first-order chi connectivity index (χ1) is 6.74. The number of rotatable bonds is 5. The monoisotopic (exact) mass is 218 g/mol. The van der Waals surface area contributed by atoms with Gasteiger partial charge in [0.25, 0.3) is 0 Å². The molecule has 1 atom stereocenters. The van der Waals surface area contributed by atoms with Crippen LogP contribution in [0.1, 0.15) is 13.8 Å². The molecule has 2 N–H and O–H groups in total. The highest BCUT2D eigenvalue weighted by Gasteiger charge is 2.21. The predicted octanol–water partition coefficient (Wildman–Crippen LogP) is 0.788. The Bertz CT molecular complexity index is 155. The molecule has 14 heavy (non-hydrogen) atoms. The summed E-state index contributed by atoms with van der Waals surface area (Å²) in [6.45, 7) is 8.30. The van der Waals surface area contributed by atoms with Gasteiger partial charge in [-0.25, -0.2) is 0 Å². The number of nitrogens with zero attached hydrogens (tertiary/aromatic N) is 1. The second-order valence-corrected chi connectivity index (χ2v) is 5.09. The molecular weight excluding hydrogens is 196 g/mol. The average Bonchev–Trinajstić information content (AvgIpc) is 2.19. The van der Waals surface area contributed by atoms with E-state index in [2.05, 4.69) is 18.7 Å². The second kappa shape index (κ2) is 6.67. The Kier molecular flexibility index (Phi) is 5.86. The van der Waals surface area contributed by atoms with Crippen molar-refractivity contribution in [3.8, 4) is 0 Å². The van der Waals surface area contributed by atoms with Gasteiger partial charge in [0.15, 0.2) is 0 Å². The maximum atomic E-state index is 5.70. The molecule has 0 spiro atoms. The fourth-order valence-corrected chi connectivity index (χ4v) is 2.41. The molecule has 0 aromatic heterocycles. The molecule has 0 aromatic carbocycles. The molecule has 1 unspecified atom stereocenters. The van der Waals surface area contributed by atoms with Crippen molar-refractivity contribution < 1.29 is 4.74 Å². The Labute approximate surface area is 91.4 Å². The molecular formula is C10H22N2OS. The summed E-state index contributed by atoms with van der Waals surface area (Å²) < 4.78 is 5.70. The van der Waals surface area contributed by atoms with E-state index in [4.69, 9.17) is 10.5 Å². The Balaban J connectivity index is 2.19. The minimum Gasteiger partial charge on any atom is -0.375 e.